The molecule has 0 aromatic heterocycles. The van der Waals surface area contributed by atoms with E-state index in [2.05, 4.69) is 49.4 Å². The first-order valence-corrected chi connectivity index (χ1v) is 6.74. The summed E-state index contributed by atoms with van der Waals surface area (Å²) in [6, 6.07) is 17.0. The number of hydrogen-bond donors (Lipinski definition) is 1. The highest BCUT2D eigenvalue weighted by molar-refractivity contribution is 7.98. The summed E-state index contributed by atoms with van der Waals surface area (Å²) < 4.78 is 0. The SMILES string of the molecule is Cc1ccc(CN)c(SCc2ccccc2)c1. The molecule has 0 atom stereocenters. The molecule has 0 aliphatic carbocycles. The van der Waals surface area contributed by atoms with E-state index in [4.69, 9.17) is 5.73 Å². The molecule has 2 N–H and O–H groups in total. The van der Waals surface area contributed by atoms with Crippen LogP contribution in [-0.2, 0) is 12.3 Å². The molecular weight excluding hydrogens is 226 g/mol. The van der Waals surface area contributed by atoms with Crippen molar-refractivity contribution in [3.05, 3.63) is 65.2 Å². The molecule has 0 radical (unpaired) electrons. The molecule has 1 nitrogen and oxygen atoms in total. The molecule has 0 saturated carbocycles. The lowest BCUT2D eigenvalue weighted by atomic mass is 10.1. The summed E-state index contributed by atoms with van der Waals surface area (Å²) in [4.78, 5) is 1.30. The molecule has 0 aliphatic rings. The van der Waals surface area contributed by atoms with E-state index in [0.717, 1.165) is 5.75 Å². The number of nitrogens with two attached hydrogens (primary N) is 1. The normalized spacial score (nSPS) is 10.5. The largest absolute Gasteiger partial charge is 0.326 e. The number of rotatable bonds is 4. The molecule has 0 amide bonds. The van der Waals surface area contributed by atoms with Gasteiger partial charge in [-0.3, -0.25) is 0 Å². The van der Waals surface area contributed by atoms with Gasteiger partial charge >= 0.3 is 0 Å². The van der Waals surface area contributed by atoms with E-state index < -0.39 is 0 Å². The molecule has 2 heteroatoms. The Morgan fingerprint density at radius 3 is 2.53 bits per heavy atom. The monoisotopic (exact) mass is 243 g/mol. The second-order valence-corrected chi connectivity index (χ2v) is 5.11. The van der Waals surface area contributed by atoms with Gasteiger partial charge in [0.15, 0.2) is 0 Å². The zero-order chi connectivity index (χ0) is 12.1. The Morgan fingerprint density at radius 1 is 1.06 bits per heavy atom. The first kappa shape index (κ1) is 12.2. The van der Waals surface area contributed by atoms with E-state index in [9.17, 15) is 0 Å². The Kier molecular flexibility index (Phi) is 4.24. The molecule has 0 aliphatic heterocycles. The van der Waals surface area contributed by atoms with Crippen molar-refractivity contribution in [2.24, 2.45) is 5.73 Å². The summed E-state index contributed by atoms with van der Waals surface area (Å²) in [6.45, 7) is 2.73. The lowest BCUT2D eigenvalue weighted by molar-refractivity contribution is 1.02. The zero-order valence-corrected chi connectivity index (χ0v) is 10.8. The predicted molar refractivity (Wildman–Crippen MR) is 75.1 cm³/mol. The first-order valence-electron chi connectivity index (χ1n) is 5.76. The molecular formula is C15H17NS. The summed E-state index contributed by atoms with van der Waals surface area (Å²) in [7, 11) is 0. The molecule has 0 fully saturated rings. The maximum absolute atomic E-state index is 5.76. The van der Waals surface area contributed by atoms with Gasteiger partial charge in [-0.25, -0.2) is 0 Å². The highest BCUT2D eigenvalue weighted by Gasteiger charge is 2.02. The first-order chi connectivity index (χ1) is 8.29. The van der Waals surface area contributed by atoms with Gasteiger partial charge in [-0.2, -0.15) is 0 Å². The fraction of sp³-hybridized carbons (Fsp3) is 0.200. The highest BCUT2D eigenvalue weighted by atomic mass is 32.2. The Bertz CT molecular complexity index is 480. The zero-order valence-electron chi connectivity index (χ0n) is 10.0. The second-order valence-electron chi connectivity index (χ2n) is 4.09. The minimum atomic E-state index is 0.609. The Balaban J connectivity index is 2.11. The number of benzene rings is 2. The Morgan fingerprint density at radius 2 is 1.82 bits per heavy atom. The van der Waals surface area contributed by atoms with Crippen molar-refractivity contribution < 1.29 is 0 Å². The van der Waals surface area contributed by atoms with E-state index in [1.165, 1.54) is 21.6 Å². The molecule has 0 bridgehead atoms. The summed E-state index contributed by atoms with van der Waals surface area (Å²) in [6.07, 6.45) is 0. The maximum atomic E-state index is 5.76. The van der Waals surface area contributed by atoms with Gasteiger partial charge in [0, 0.05) is 17.2 Å². The van der Waals surface area contributed by atoms with Crippen molar-refractivity contribution in [3.63, 3.8) is 0 Å². The van der Waals surface area contributed by atoms with Crippen LogP contribution < -0.4 is 5.73 Å². The van der Waals surface area contributed by atoms with Crippen molar-refractivity contribution in [3.8, 4) is 0 Å². The van der Waals surface area contributed by atoms with Gasteiger partial charge in [0.25, 0.3) is 0 Å². The fourth-order valence-corrected chi connectivity index (χ4v) is 2.82. The maximum Gasteiger partial charge on any atom is 0.0232 e. The van der Waals surface area contributed by atoms with Crippen molar-refractivity contribution in [1.29, 1.82) is 0 Å². The van der Waals surface area contributed by atoms with Gasteiger partial charge in [0.1, 0.15) is 0 Å². The molecule has 0 saturated heterocycles. The quantitative estimate of drug-likeness (QED) is 0.828. The number of hydrogen-bond acceptors (Lipinski definition) is 2. The van der Waals surface area contributed by atoms with E-state index in [1.807, 2.05) is 17.8 Å². The van der Waals surface area contributed by atoms with Crippen LogP contribution in [0.25, 0.3) is 0 Å². The third-order valence-corrected chi connectivity index (χ3v) is 3.85. The smallest absolute Gasteiger partial charge is 0.0232 e. The topological polar surface area (TPSA) is 26.0 Å². The molecule has 0 heterocycles. The van der Waals surface area contributed by atoms with Crippen LogP contribution in [0.3, 0.4) is 0 Å². The average Bonchev–Trinajstić information content (AvgIpc) is 2.38. The van der Waals surface area contributed by atoms with Crippen LogP contribution in [0.5, 0.6) is 0 Å². The number of thioether (sulfide) groups is 1. The molecule has 2 rings (SSSR count). The van der Waals surface area contributed by atoms with E-state index >= 15 is 0 Å². The van der Waals surface area contributed by atoms with Crippen LogP contribution in [0.1, 0.15) is 16.7 Å². The molecule has 0 spiro atoms. The van der Waals surface area contributed by atoms with Gasteiger partial charge in [-0.1, -0.05) is 42.5 Å². The fourth-order valence-electron chi connectivity index (χ4n) is 1.70. The summed E-state index contributed by atoms with van der Waals surface area (Å²) >= 11 is 1.86. The molecule has 0 unspecified atom stereocenters. The lowest BCUT2D eigenvalue weighted by Gasteiger charge is -2.08. The summed E-state index contributed by atoms with van der Waals surface area (Å²) in [5.41, 5.74) is 9.63. The van der Waals surface area contributed by atoms with Gasteiger partial charge in [-0.15, -0.1) is 11.8 Å². The van der Waals surface area contributed by atoms with Crippen molar-refractivity contribution in [2.75, 3.05) is 0 Å². The molecule has 17 heavy (non-hydrogen) atoms. The van der Waals surface area contributed by atoms with Gasteiger partial charge in [0.05, 0.1) is 0 Å². The van der Waals surface area contributed by atoms with Crippen molar-refractivity contribution in [1.82, 2.24) is 0 Å². The summed E-state index contributed by atoms with van der Waals surface area (Å²) in [5.74, 6) is 0.997. The van der Waals surface area contributed by atoms with Crippen molar-refractivity contribution in [2.45, 2.75) is 24.1 Å². The molecule has 88 valence electrons. The molecule has 2 aromatic carbocycles. The van der Waals surface area contributed by atoms with Crippen molar-refractivity contribution >= 4 is 11.8 Å². The minimum absolute atomic E-state index is 0.609. The average molecular weight is 243 g/mol. The van der Waals surface area contributed by atoms with Crippen LogP contribution >= 0.6 is 11.8 Å². The predicted octanol–water partition coefficient (Wildman–Crippen LogP) is 3.75. The van der Waals surface area contributed by atoms with Gasteiger partial charge in [-0.05, 0) is 29.7 Å². The van der Waals surface area contributed by atoms with E-state index in [-0.39, 0.29) is 0 Å². The Labute approximate surface area is 107 Å². The second kappa shape index (κ2) is 5.89. The van der Waals surface area contributed by atoms with Crippen LogP contribution in [0, 0.1) is 6.92 Å². The van der Waals surface area contributed by atoms with Gasteiger partial charge < -0.3 is 5.73 Å². The summed E-state index contributed by atoms with van der Waals surface area (Å²) in [5, 5.41) is 0. The highest BCUT2D eigenvalue weighted by Crippen LogP contribution is 2.27. The van der Waals surface area contributed by atoms with Crippen LogP contribution in [-0.4, -0.2) is 0 Å². The third kappa shape index (κ3) is 3.35. The van der Waals surface area contributed by atoms with E-state index in [0.29, 0.717) is 6.54 Å². The van der Waals surface area contributed by atoms with Crippen LogP contribution in [0.4, 0.5) is 0 Å². The lowest BCUT2D eigenvalue weighted by Crippen LogP contribution is -1.98. The van der Waals surface area contributed by atoms with Crippen LogP contribution in [0.2, 0.25) is 0 Å². The Hall–Kier alpha value is -1.25. The minimum Gasteiger partial charge on any atom is -0.326 e. The van der Waals surface area contributed by atoms with Gasteiger partial charge in [0.2, 0.25) is 0 Å². The third-order valence-electron chi connectivity index (χ3n) is 2.68. The van der Waals surface area contributed by atoms with E-state index in [1.54, 1.807) is 0 Å². The standard InChI is InChI=1S/C15H17NS/c1-12-7-8-14(10-16)15(9-12)17-11-13-5-3-2-4-6-13/h2-9H,10-11,16H2,1H3. The number of aryl methyl sites for hydroxylation is 1. The van der Waals surface area contributed by atoms with Crippen LogP contribution in [0.15, 0.2) is 53.4 Å². The molecule has 2 aromatic rings.